The summed E-state index contributed by atoms with van der Waals surface area (Å²) in [6.45, 7) is 2.04. The Balaban J connectivity index is 1.56. The van der Waals surface area contributed by atoms with Crippen LogP contribution in [-0.4, -0.2) is 35.6 Å². The normalized spacial score (nSPS) is 15.7. The number of nitrogens with one attached hydrogen (secondary N) is 1. The Hall–Kier alpha value is -2.48. The zero-order valence-corrected chi connectivity index (χ0v) is 17.9. The molecule has 0 bridgehead atoms. The fourth-order valence-corrected chi connectivity index (χ4v) is 5.08. The molecule has 0 unspecified atom stereocenters. The number of nitrogens with zero attached hydrogens (tertiary/aromatic N) is 3. The highest BCUT2D eigenvalue weighted by Gasteiger charge is 2.23. The summed E-state index contributed by atoms with van der Waals surface area (Å²) in [5.74, 6) is 0. The van der Waals surface area contributed by atoms with Crippen LogP contribution in [-0.2, 0) is 23.3 Å². The Kier molecular flexibility index (Phi) is 6.62. The fraction of sp³-hybridized carbons (Fsp3) is 0.348. The van der Waals surface area contributed by atoms with Crippen molar-refractivity contribution >= 4 is 10.2 Å². The second-order valence-electron chi connectivity index (χ2n) is 7.69. The first-order valence-corrected chi connectivity index (χ1v) is 12.0. The minimum absolute atomic E-state index is 0.220. The van der Waals surface area contributed by atoms with Gasteiger partial charge in [-0.3, -0.25) is 4.68 Å². The van der Waals surface area contributed by atoms with E-state index in [1.807, 2.05) is 59.4 Å². The number of rotatable bonds is 7. The average Bonchev–Trinajstić information content (AvgIpc) is 2.97. The monoisotopic (exact) mass is 424 g/mol. The summed E-state index contributed by atoms with van der Waals surface area (Å²) < 4.78 is 32.0. The quantitative estimate of drug-likeness (QED) is 0.627. The molecule has 4 rings (SSSR count). The highest BCUT2D eigenvalue weighted by molar-refractivity contribution is 7.87. The third kappa shape index (κ3) is 5.16. The van der Waals surface area contributed by atoms with E-state index >= 15 is 0 Å². The fourth-order valence-electron chi connectivity index (χ4n) is 3.82. The Labute approximate surface area is 178 Å². The van der Waals surface area contributed by atoms with E-state index in [9.17, 15) is 8.42 Å². The summed E-state index contributed by atoms with van der Waals surface area (Å²) in [4.78, 5) is 0. The molecule has 0 radical (unpaired) electrons. The molecule has 1 aliphatic rings. The minimum Gasteiger partial charge on any atom is -0.267 e. The molecular weight excluding hydrogens is 396 g/mol. The summed E-state index contributed by atoms with van der Waals surface area (Å²) >= 11 is 0. The molecule has 2 heterocycles. The van der Waals surface area contributed by atoms with Gasteiger partial charge in [0.25, 0.3) is 10.2 Å². The van der Waals surface area contributed by atoms with E-state index < -0.39 is 10.2 Å². The van der Waals surface area contributed by atoms with Gasteiger partial charge in [-0.05, 0) is 18.4 Å². The van der Waals surface area contributed by atoms with Crippen molar-refractivity contribution in [3.05, 3.63) is 78.0 Å². The Morgan fingerprint density at radius 2 is 1.50 bits per heavy atom. The van der Waals surface area contributed by atoms with Gasteiger partial charge >= 0.3 is 0 Å². The van der Waals surface area contributed by atoms with Gasteiger partial charge in [-0.1, -0.05) is 73.5 Å². The van der Waals surface area contributed by atoms with Crippen LogP contribution in [0.1, 0.15) is 36.8 Å². The molecule has 30 heavy (non-hydrogen) atoms. The summed E-state index contributed by atoms with van der Waals surface area (Å²) in [6, 6.07) is 20.0. The summed E-state index contributed by atoms with van der Waals surface area (Å²) in [5, 5.41) is 4.77. The Bertz CT molecular complexity index is 1040. The van der Waals surface area contributed by atoms with Crippen LogP contribution in [0.2, 0.25) is 0 Å². The maximum absolute atomic E-state index is 12.8. The topological polar surface area (TPSA) is 67.2 Å². The highest BCUT2D eigenvalue weighted by Crippen LogP contribution is 2.23. The van der Waals surface area contributed by atoms with Crippen molar-refractivity contribution in [1.82, 2.24) is 18.8 Å². The van der Waals surface area contributed by atoms with Gasteiger partial charge in [-0.15, -0.1) is 0 Å². The third-order valence-electron chi connectivity index (χ3n) is 5.42. The largest absolute Gasteiger partial charge is 0.279 e. The lowest BCUT2D eigenvalue weighted by Gasteiger charge is -2.20. The molecule has 3 aromatic rings. The predicted octanol–water partition coefficient (Wildman–Crippen LogP) is 3.81. The van der Waals surface area contributed by atoms with E-state index in [0.717, 1.165) is 48.1 Å². The molecule has 158 valence electrons. The highest BCUT2D eigenvalue weighted by atomic mass is 32.2. The van der Waals surface area contributed by atoms with Gasteiger partial charge in [0.15, 0.2) is 0 Å². The molecule has 1 fully saturated rings. The molecular formula is C23H28N4O2S. The predicted molar refractivity (Wildman–Crippen MR) is 119 cm³/mol. The summed E-state index contributed by atoms with van der Waals surface area (Å²) in [7, 11) is -3.51. The molecule has 0 atom stereocenters. The third-order valence-corrected chi connectivity index (χ3v) is 6.98. The van der Waals surface area contributed by atoms with Crippen LogP contribution in [0.4, 0.5) is 0 Å². The number of hydrogen-bond acceptors (Lipinski definition) is 3. The van der Waals surface area contributed by atoms with Crippen LogP contribution >= 0.6 is 0 Å². The van der Waals surface area contributed by atoms with Gasteiger partial charge in [0.05, 0.1) is 12.2 Å². The summed E-state index contributed by atoms with van der Waals surface area (Å²) in [6.07, 6.45) is 5.98. The van der Waals surface area contributed by atoms with E-state index in [0.29, 0.717) is 19.6 Å². The second kappa shape index (κ2) is 9.55. The van der Waals surface area contributed by atoms with E-state index in [2.05, 4.69) is 16.9 Å². The number of hydrogen-bond donors (Lipinski definition) is 1. The van der Waals surface area contributed by atoms with E-state index in [-0.39, 0.29) is 6.54 Å². The van der Waals surface area contributed by atoms with Crippen molar-refractivity contribution in [1.29, 1.82) is 0 Å². The molecule has 1 aromatic heterocycles. The van der Waals surface area contributed by atoms with Crippen molar-refractivity contribution in [3.63, 3.8) is 0 Å². The maximum atomic E-state index is 12.8. The van der Waals surface area contributed by atoms with Gasteiger partial charge in [-0.25, -0.2) is 0 Å². The smallest absolute Gasteiger partial charge is 0.267 e. The maximum Gasteiger partial charge on any atom is 0.279 e. The lowest BCUT2D eigenvalue weighted by molar-refractivity contribution is 0.414. The zero-order valence-electron chi connectivity index (χ0n) is 17.1. The lowest BCUT2D eigenvalue weighted by Crippen LogP contribution is -2.40. The molecule has 1 aliphatic heterocycles. The average molecular weight is 425 g/mol. The van der Waals surface area contributed by atoms with Gasteiger partial charge in [0.2, 0.25) is 0 Å². The Morgan fingerprint density at radius 3 is 2.17 bits per heavy atom. The van der Waals surface area contributed by atoms with Crippen LogP contribution in [0.5, 0.6) is 0 Å². The number of aromatic nitrogens is 2. The zero-order chi connectivity index (χ0) is 20.8. The van der Waals surface area contributed by atoms with Crippen molar-refractivity contribution in [2.45, 2.75) is 38.8 Å². The molecule has 6 nitrogen and oxygen atoms in total. The van der Waals surface area contributed by atoms with Crippen molar-refractivity contribution in [2.24, 2.45) is 0 Å². The van der Waals surface area contributed by atoms with E-state index in [4.69, 9.17) is 5.10 Å². The molecule has 1 saturated heterocycles. The minimum atomic E-state index is -3.51. The van der Waals surface area contributed by atoms with E-state index in [1.54, 1.807) is 4.31 Å². The van der Waals surface area contributed by atoms with Crippen LogP contribution < -0.4 is 4.72 Å². The van der Waals surface area contributed by atoms with Crippen LogP contribution in [0.15, 0.2) is 66.9 Å². The molecule has 0 amide bonds. The van der Waals surface area contributed by atoms with Gasteiger partial charge in [0, 0.05) is 37.0 Å². The van der Waals surface area contributed by atoms with Crippen molar-refractivity contribution in [3.8, 4) is 11.3 Å². The van der Waals surface area contributed by atoms with Gasteiger partial charge < -0.3 is 0 Å². The summed E-state index contributed by atoms with van der Waals surface area (Å²) in [5.41, 5.74) is 3.81. The second-order valence-corrected chi connectivity index (χ2v) is 9.45. The molecule has 1 N–H and O–H groups in total. The van der Waals surface area contributed by atoms with Crippen molar-refractivity contribution < 1.29 is 8.42 Å². The molecule has 7 heteroatoms. The molecule has 2 aromatic carbocycles. The first-order chi connectivity index (χ1) is 14.6. The van der Waals surface area contributed by atoms with Crippen LogP contribution in [0.3, 0.4) is 0 Å². The van der Waals surface area contributed by atoms with Gasteiger partial charge in [-0.2, -0.15) is 22.5 Å². The molecule has 0 saturated carbocycles. The Morgan fingerprint density at radius 1 is 0.867 bits per heavy atom. The lowest BCUT2D eigenvalue weighted by atomic mass is 10.1. The first-order valence-electron chi connectivity index (χ1n) is 10.5. The van der Waals surface area contributed by atoms with Crippen molar-refractivity contribution in [2.75, 3.05) is 13.1 Å². The van der Waals surface area contributed by atoms with Crippen LogP contribution in [0, 0.1) is 0 Å². The first kappa shape index (κ1) is 20.8. The van der Waals surface area contributed by atoms with Crippen LogP contribution in [0.25, 0.3) is 11.3 Å². The van der Waals surface area contributed by atoms with Gasteiger partial charge in [0.1, 0.15) is 0 Å². The SMILES string of the molecule is O=S(=O)(NCc1cn(Cc2ccccc2)nc1-c1ccccc1)N1CCCCCC1. The molecule has 0 spiro atoms. The number of benzene rings is 2. The molecule has 0 aliphatic carbocycles. The standard InChI is InChI=1S/C23H28N4O2S/c28-30(29,27-15-9-1-2-10-16-27)24-17-22-19-26(18-20-11-5-3-6-12-20)25-23(22)21-13-7-4-8-14-21/h3-8,11-14,19,24H,1-2,9-10,15-18H2. The van der Waals surface area contributed by atoms with E-state index in [1.165, 1.54) is 0 Å².